The van der Waals surface area contributed by atoms with Gasteiger partial charge in [0, 0.05) is 38.3 Å². The van der Waals surface area contributed by atoms with E-state index in [0.29, 0.717) is 38.2 Å². The summed E-state index contributed by atoms with van der Waals surface area (Å²) in [6.45, 7) is 2.68. The molecule has 0 saturated heterocycles. The predicted octanol–water partition coefficient (Wildman–Crippen LogP) is 2.18. The SMILES string of the molecule is O=C(CCCn1ccnc1)N1CCn2nc(C(O)Cc3ccccc3)cc2C1. The van der Waals surface area contributed by atoms with Gasteiger partial charge in [0.2, 0.25) is 5.91 Å². The van der Waals surface area contributed by atoms with Crippen molar-refractivity contribution in [3.63, 3.8) is 0 Å². The summed E-state index contributed by atoms with van der Waals surface area (Å²) < 4.78 is 3.90. The van der Waals surface area contributed by atoms with Crippen LogP contribution in [-0.4, -0.2) is 41.8 Å². The van der Waals surface area contributed by atoms with Gasteiger partial charge in [-0.1, -0.05) is 30.3 Å². The summed E-state index contributed by atoms with van der Waals surface area (Å²) in [5.74, 6) is 0.166. The minimum Gasteiger partial charge on any atom is -0.386 e. The highest BCUT2D eigenvalue weighted by molar-refractivity contribution is 5.76. The molecule has 4 rings (SSSR count). The number of hydrogen-bond donors (Lipinski definition) is 1. The van der Waals surface area contributed by atoms with Crippen molar-refractivity contribution in [2.75, 3.05) is 6.54 Å². The summed E-state index contributed by atoms with van der Waals surface area (Å²) in [6, 6.07) is 11.8. The van der Waals surface area contributed by atoms with E-state index in [9.17, 15) is 9.90 Å². The largest absolute Gasteiger partial charge is 0.386 e. The molecule has 0 spiro atoms. The Morgan fingerprint density at radius 1 is 1.21 bits per heavy atom. The second-order valence-corrected chi connectivity index (χ2v) is 7.21. The zero-order valence-electron chi connectivity index (χ0n) is 15.8. The van der Waals surface area contributed by atoms with Crippen molar-refractivity contribution in [3.8, 4) is 0 Å². The van der Waals surface area contributed by atoms with E-state index in [1.165, 1.54) is 0 Å². The molecule has 0 fully saturated rings. The van der Waals surface area contributed by atoms with Crippen LogP contribution in [0.25, 0.3) is 0 Å². The number of imidazole rings is 1. The summed E-state index contributed by atoms with van der Waals surface area (Å²) in [6.07, 6.45) is 6.64. The molecular weight excluding hydrogens is 354 g/mol. The first kappa shape index (κ1) is 18.4. The van der Waals surface area contributed by atoms with Crippen molar-refractivity contribution in [2.24, 2.45) is 0 Å². The van der Waals surface area contributed by atoms with Gasteiger partial charge < -0.3 is 14.6 Å². The minimum atomic E-state index is -0.639. The number of fused-ring (bicyclic) bond motifs is 1. The van der Waals surface area contributed by atoms with Crippen molar-refractivity contribution < 1.29 is 9.90 Å². The van der Waals surface area contributed by atoms with Crippen LogP contribution < -0.4 is 0 Å². The average Bonchev–Trinajstić information content (AvgIpc) is 3.37. The molecular formula is C21H25N5O2. The predicted molar refractivity (Wildman–Crippen MR) is 104 cm³/mol. The molecule has 7 heteroatoms. The highest BCUT2D eigenvalue weighted by Crippen LogP contribution is 2.21. The number of carbonyl (C=O) groups excluding carboxylic acids is 1. The van der Waals surface area contributed by atoms with Gasteiger partial charge >= 0.3 is 0 Å². The molecule has 2 aromatic heterocycles. The molecule has 1 aliphatic heterocycles. The van der Waals surface area contributed by atoms with Crippen LogP contribution >= 0.6 is 0 Å². The number of benzene rings is 1. The second kappa shape index (κ2) is 8.39. The van der Waals surface area contributed by atoms with E-state index in [1.807, 2.05) is 56.7 Å². The second-order valence-electron chi connectivity index (χ2n) is 7.21. The molecule has 3 heterocycles. The molecule has 0 saturated carbocycles. The lowest BCUT2D eigenvalue weighted by Gasteiger charge is -2.27. The Hall–Kier alpha value is -2.93. The maximum atomic E-state index is 12.5. The van der Waals surface area contributed by atoms with E-state index in [4.69, 9.17) is 0 Å². The number of amides is 1. The first-order valence-electron chi connectivity index (χ1n) is 9.71. The van der Waals surface area contributed by atoms with E-state index < -0.39 is 6.10 Å². The topological polar surface area (TPSA) is 76.2 Å². The normalized spacial score (nSPS) is 14.7. The molecule has 7 nitrogen and oxygen atoms in total. The molecule has 1 aromatic carbocycles. The van der Waals surface area contributed by atoms with Gasteiger partial charge in [0.05, 0.1) is 30.8 Å². The van der Waals surface area contributed by atoms with Crippen LogP contribution in [-0.2, 0) is 30.8 Å². The fourth-order valence-electron chi connectivity index (χ4n) is 3.60. The number of hydrogen-bond acceptors (Lipinski definition) is 4. The van der Waals surface area contributed by atoms with Gasteiger partial charge in [-0.2, -0.15) is 5.10 Å². The van der Waals surface area contributed by atoms with Crippen molar-refractivity contribution >= 4 is 5.91 Å². The molecule has 1 amide bonds. The lowest BCUT2D eigenvalue weighted by atomic mass is 10.1. The van der Waals surface area contributed by atoms with Gasteiger partial charge in [-0.05, 0) is 18.1 Å². The van der Waals surface area contributed by atoms with Crippen LogP contribution in [0.4, 0.5) is 0 Å². The zero-order chi connectivity index (χ0) is 19.3. The lowest BCUT2D eigenvalue weighted by molar-refractivity contribution is -0.132. The van der Waals surface area contributed by atoms with Crippen molar-refractivity contribution in [2.45, 2.75) is 45.0 Å². The van der Waals surface area contributed by atoms with Crippen LogP contribution in [0.3, 0.4) is 0 Å². The highest BCUT2D eigenvalue weighted by Gasteiger charge is 2.23. The minimum absolute atomic E-state index is 0.166. The molecule has 3 aromatic rings. The van der Waals surface area contributed by atoms with Gasteiger partial charge in [0.25, 0.3) is 0 Å². The average molecular weight is 379 g/mol. The number of aromatic nitrogens is 4. The Morgan fingerprint density at radius 3 is 2.86 bits per heavy atom. The van der Waals surface area contributed by atoms with Gasteiger partial charge in [-0.15, -0.1) is 0 Å². The maximum absolute atomic E-state index is 12.5. The summed E-state index contributed by atoms with van der Waals surface area (Å²) in [7, 11) is 0. The van der Waals surface area contributed by atoms with Crippen LogP contribution in [0.1, 0.15) is 35.9 Å². The van der Waals surface area contributed by atoms with E-state index in [2.05, 4.69) is 10.1 Å². The van der Waals surface area contributed by atoms with Crippen molar-refractivity contribution in [3.05, 3.63) is 72.1 Å². The van der Waals surface area contributed by atoms with Gasteiger partial charge in [0.15, 0.2) is 0 Å². The van der Waals surface area contributed by atoms with Crippen molar-refractivity contribution in [1.29, 1.82) is 0 Å². The first-order valence-corrected chi connectivity index (χ1v) is 9.71. The van der Waals surface area contributed by atoms with Crippen LogP contribution in [0.15, 0.2) is 55.1 Å². The number of aliphatic hydroxyl groups is 1. The molecule has 1 N–H and O–H groups in total. The van der Waals surface area contributed by atoms with E-state index in [-0.39, 0.29) is 5.91 Å². The number of nitrogens with zero attached hydrogens (tertiary/aromatic N) is 5. The van der Waals surface area contributed by atoms with Gasteiger partial charge in [0.1, 0.15) is 6.10 Å². The molecule has 1 aliphatic rings. The number of aryl methyl sites for hydroxylation is 1. The quantitative estimate of drug-likeness (QED) is 0.683. The molecule has 1 unspecified atom stereocenters. The lowest BCUT2D eigenvalue weighted by Crippen LogP contribution is -2.38. The zero-order valence-corrected chi connectivity index (χ0v) is 15.8. The third-order valence-corrected chi connectivity index (χ3v) is 5.15. The first-order chi connectivity index (χ1) is 13.7. The smallest absolute Gasteiger partial charge is 0.223 e. The monoisotopic (exact) mass is 379 g/mol. The molecule has 28 heavy (non-hydrogen) atoms. The molecule has 0 aliphatic carbocycles. The van der Waals surface area contributed by atoms with E-state index >= 15 is 0 Å². The number of aliphatic hydroxyl groups excluding tert-OH is 1. The summed E-state index contributed by atoms with van der Waals surface area (Å²) >= 11 is 0. The Balaban J connectivity index is 1.33. The van der Waals surface area contributed by atoms with Gasteiger partial charge in [-0.25, -0.2) is 4.98 Å². The van der Waals surface area contributed by atoms with E-state index in [0.717, 1.165) is 24.2 Å². The maximum Gasteiger partial charge on any atom is 0.223 e. The van der Waals surface area contributed by atoms with Crippen LogP contribution in [0.2, 0.25) is 0 Å². The molecule has 146 valence electrons. The highest BCUT2D eigenvalue weighted by atomic mass is 16.3. The Kier molecular flexibility index (Phi) is 5.53. The fraction of sp³-hybridized carbons (Fsp3) is 0.381. The molecule has 1 atom stereocenters. The standard InChI is InChI=1S/C21H25N5O2/c27-20(13-17-5-2-1-3-6-17)19-14-18-15-25(11-12-26(18)23-19)21(28)7-4-9-24-10-8-22-16-24/h1-3,5-6,8,10,14,16,20,27H,4,7,9,11-13,15H2. The fourth-order valence-corrected chi connectivity index (χ4v) is 3.60. The molecule has 0 bridgehead atoms. The summed E-state index contributed by atoms with van der Waals surface area (Å²) in [4.78, 5) is 18.4. The third-order valence-electron chi connectivity index (χ3n) is 5.15. The Bertz CT molecular complexity index is 904. The number of rotatable bonds is 7. The third kappa shape index (κ3) is 4.31. The van der Waals surface area contributed by atoms with Crippen molar-refractivity contribution in [1.82, 2.24) is 24.2 Å². The Labute approximate surface area is 164 Å². The summed E-state index contributed by atoms with van der Waals surface area (Å²) in [5, 5.41) is 15.1. The Morgan fingerprint density at radius 2 is 2.07 bits per heavy atom. The van der Waals surface area contributed by atoms with Gasteiger partial charge in [-0.3, -0.25) is 9.48 Å². The number of carbonyl (C=O) groups is 1. The van der Waals surface area contributed by atoms with Crippen LogP contribution in [0, 0.1) is 0 Å². The van der Waals surface area contributed by atoms with Crippen LogP contribution in [0.5, 0.6) is 0 Å². The van der Waals surface area contributed by atoms with E-state index in [1.54, 1.807) is 12.5 Å². The molecule has 0 radical (unpaired) electrons. The summed E-state index contributed by atoms with van der Waals surface area (Å²) in [5.41, 5.74) is 2.74.